The number of carbonyl (C=O) groups excluding carboxylic acids is 4. The third-order valence-corrected chi connectivity index (χ3v) is 7.18. The molecule has 0 N–H and O–H groups in total. The number of benzene rings is 1. The number of carbonyl (C=O) groups is 4. The van der Waals surface area contributed by atoms with Crippen molar-refractivity contribution in [3.63, 3.8) is 0 Å². The van der Waals surface area contributed by atoms with Crippen molar-refractivity contribution in [3.8, 4) is 0 Å². The van der Waals surface area contributed by atoms with Crippen LogP contribution in [0.1, 0.15) is 23.0 Å². The van der Waals surface area contributed by atoms with Crippen LogP contribution >= 0.6 is 0 Å². The molecule has 4 amide bonds. The van der Waals surface area contributed by atoms with Gasteiger partial charge in [-0.15, -0.1) is 0 Å². The van der Waals surface area contributed by atoms with E-state index in [1.165, 1.54) is 0 Å². The maximum atomic E-state index is 13.3. The Morgan fingerprint density at radius 1 is 0.500 bits per heavy atom. The molecule has 6 aliphatic heterocycles. The van der Waals surface area contributed by atoms with E-state index in [4.69, 9.17) is 0 Å². The number of rotatable bonds is 2. The molecular weight excluding hydrogens is 432 g/mol. The van der Waals surface area contributed by atoms with E-state index < -0.39 is 24.2 Å². The van der Waals surface area contributed by atoms with Crippen LogP contribution in [0.2, 0.25) is 0 Å². The van der Waals surface area contributed by atoms with Crippen LogP contribution in [0.5, 0.6) is 0 Å². The van der Waals surface area contributed by atoms with Gasteiger partial charge in [-0.05, 0) is 46.6 Å². The average Bonchev–Trinajstić information content (AvgIpc) is 3.48. The molecule has 1 aromatic carbocycles. The highest BCUT2D eigenvalue weighted by molar-refractivity contribution is 6.10. The van der Waals surface area contributed by atoms with Crippen molar-refractivity contribution in [3.05, 3.63) is 108 Å². The summed E-state index contributed by atoms with van der Waals surface area (Å²) in [5.41, 5.74) is 2.84. The van der Waals surface area contributed by atoms with Crippen molar-refractivity contribution in [2.45, 2.75) is 24.2 Å². The quantitative estimate of drug-likeness (QED) is 0.644. The van der Waals surface area contributed by atoms with Gasteiger partial charge in [0.15, 0.2) is 0 Å². The highest BCUT2D eigenvalue weighted by atomic mass is 16.2. The Bertz CT molecular complexity index is 1270. The zero-order valence-electron chi connectivity index (χ0n) is 17.8. The molecule has 0 spiro atoms. The van der Waals surface area contributed by atoms with Crippen LogP contribution in [0.3, 0.4) is 0 Å². The number of allylic oxidation sites excluding steroid dienone is 4. The minimum atomic E-state index is -0.988. The van der Waals surface area contributed by atoms with Gasteiger partial charge in [0.05, 0.1) is 0 Å². The summed E-state index contributed by atoms with van der Waals surface area (Å²) in [5.74, 6) is -3.14. The fourth-order valence-electron chi connectivity index (χ4n) is 5.55. The van der Waals surface area contributed by atoms with Gasteiger partial charge in [0.25, 0.3) is 0 Å². The summed E-state index contributed by atoms with van der Waals surface area (Å²) in [5, 5.41) is 0. The number of amides is 4. The molecule has 2 saturated heterocycles. The Kier molecular flexibility index (Phi) is 3.66. The lowest BCUT2D eigenvalue weighted by Gasteiger charge is -2.43. The van der Waals surface area contributed by atoms with E-state index in [2.05, 4.69) is 0 Å². The second-order valence-corrected chi connectivity index (χ2v) is 8.91. The fraction of sp³-hybridized carbons (Fsp3) is 0.154. The van der Waals surface area contributed by atoms with Crippen molar-refractivity contribution in [2.75, 3.05) is 0 Å². The molecule has 7 rings (SSSR count). The van der Waals surface area contributed by atoms with Crippen LogP contribution in [0.25, 0.3) is 0 Å². The van der Waals surface area contributed by atoms with E-state index >= 15 is 0 Å². The second kappa shape index (κ2) is 6.54. The molecule has 0 radical (unpaired) electrons. The first-order valence-corrected chi connectivity index (χ1v) is 11.1. The van der Waals surface area contributed by atoms with Crippen molar-refractivity contribution in [2.24, 2.45) is 0 Å². The van der Waals surface area contributed by atoms with Crippen molar-refractivity contribution in [1.82, 2.24) is 19.6 Å². The van der Waals surface area contributed by atoms with E-state index in [1.807, 2.05) is 24.3 Å². The predicted molar refractivity (Wildman–Crippen MR) is 120 cm³/mol. The zero-order chi connectivity index (χ0) is 23.1. The lowest BCUT2D eigenvalue weighted by Crippen LogP contribution is -2.58. The van der Waals surface area contributed by atoms with E-state index in [-0.39, 0.29) is 23.6 Å². The first-order valence-electron chi connectivity index (χ1n) is 11.1. The lowest BCUT2D eigenvalue weighted by molar-refractivity contribution is -0.153. The van der Waals surface area contributed by atoms with Gasteiger partial charge in [-0.1, -0.05) is 36.4 Å². The average molecular weight is 450 g/mol. The number of hydrogen-bond acceptors (Lipinski definition) is 4. The zero-order valence-corrected chi connectivity index (χ0v) is 17.8. The Morgan fingerprint density at radius 3 is 1.24 bits per heavy atom. The molecule has 0 aromatic heterocycles. The van der Waals surface area contributed by atoms with Gasteiger partial charge in [0.2, 0.25) is 23.6 Å². The van der Waals surface area contributed by atoms with Crippen LogP contribution < -0.4 is 0 Å². The summed E-state index contributed by atoms with van der Waals surface area (Å²) < 4.78 is 0. The first kappa shape index (κ1) is 19.0. The molecule has 0 saturated carbocycles. The van der Waals surface area contributed by atoms with E-state index in [0.717, 1.165) is 11.1 Å². The third kappa shape index (κ3) is 2.31. The van der Waals surface area contributed by atoms with Gasteiger partial charge in [-0.2, -0.15) is 0 Å². The van der Waals surface area contributed by atoms with E-state index in [0.29, 0.717) is 11.1 Å². The predicted octanol–water partition coefficient (Wildman–Crippen LogP) is 1.81. The van der Waals surface area contributed by atoms with Crippen LogP contribution in [-0.4, -0.2) is 55.6 Å². The molecule has 0 bridgehead atoms. The highest BCUT2D eigenvalue weighted by Crippen LogP contribution is 2.40. The van der Waals surface area contributed by atoms with E-state index in [9.17, 15) is 19.2 Å². The highest BCUT2D eigenvalue weighted by Gasteiger charge is 2.50. The minimum absolute atomic E-state index is 0.290. The standard InChI is InChI=1S/C26H18N4O4/c31-23-19(25(33)29-13-9-17-3-1-11-27(23)21(17)29)15-5-7-16(8-6-15)20-24(32)28-12-2-4-18-10-14-30(22(18)28)26(20)34/h1-14,19-22H. The molecule has 2 fully saturated rings. The summed E-state index contributed by atoms with van der Waals surface area (Å²) in [6, 6.07) is 6.68. The minimum Gasteiger partial charge on any atom is -0.292 e. The van der Waals surface area contributed by atoms with E-state index in [1.54, 1.807) is 80.8 Å². The Morgan fingerprint density at radius 2 is 0.853 bits per heavy atom. The molecule has 6 heterocycles. The number of hydrogen-bond donors (Lipinski definition) is 0. The van der Waals surface area contributed by atoms with Gasteiger partial charge in [-0.25, -0.2) is 0 Å². The summed E-state index contributed by atoms with van der Waals surface area (Å²) in [4.78, 5) is 59.3. The summed E-state index contributed by atoms with van der Waals surface area (Å²) in [6.45, 7) is 0. The smallest absolute Gasteiger partial charge is 0.245 e. The van der Waals surface area contributed by atoms with Gasteiger partial charge < -0.3 is 0 Å². The van der Waals surface area contributed by atoms with Gasteiger partial charge >= 0.3 is 0 Å². The maximum Gasteiger partial charge on any atom is 0.245 e. The molecule has 1 aromatic rings. The summed E-state index contributed by atoms with van der Waals surface area (Å²) >= 11 is 0. The van der Waals surface area contributed by atoms with Gasteiger partial charge in [0, 0.05) is 24.8 Å². The topological polar surface area (TPSA) is 81.2 Å². The van der Waals surface area contributed by atoms with Gasteiger partial charge in [0.1, 0.15) is 24.2 Å². The summed E-state index contributed by atoms with van der Waals surface area (Å²) in [7, 11) is 0. The largest absolute Gasteiger partial charge is 0.292 e. The molecule has 8 nitrogen and oxygen atoms in total. The van der Waals surface area contributed by atoms with Crippen LogP contribution in [0.4, 0.5) is 0 Å². The van der Waals surface area contributed by atoms with Crippen molar-refractivity contribution in [1.29, 1.82) is 0 Å². The van der Waals surface area contributed by atoms with Crippen molar-refractivity contribution >= 4 is 23.6 Å². The maximum absolute atomic E-state index is 13.3. The molecule has 8 heteroatoms. The Balaban J connectivity index is 1.21. The third-order valence-electron chi connectivity index (χ3n) is 7.18. The molecule has 4 unspecified atom stereocenters. The molecule has 0 aliphatic carbocycles. The Hall–Kier alpha value is -4.46. The lowest BCUT2D eigenvalue weighted by atomic mass is 9.88. The molecule has 6 aliphatic rings. The second-order valence-electron chi connectivity index (χ2n) is 8.91. The fourth-order valence-corrected chi connectivity index (χ4v) is 5.55. The molecule has 4 atom stereocenters. The SMILES string of the molecule is O=C1C(c2ccc(C3C(=O)N4C=CC=C5C=CN(C3=O)C54)cc2)C(=O)N2C=CC3=CC=CN1C32. The van der Waals surface area contributed by atoms with Crippen LogP contribution in [0, 0.1) is 0 Å². The molecule has 34 heavy (non-hydrogen) atoms. The Labute approximate surface area is 194 Å². The van der Waals surface area contributed by atoms with Gasteiger partial charge in [-0.3, -0.25) is 38.8 Å². The van der Waals surface area contributed by atoms with Crippen LogP contribution in [-0.2, 0) is 19.2 Å². The number of nitrogens with zero attached hydrogens (tertiary/aromatic N) is 4. The normalized spacial score (nSPS) is 30.2. The van der Waals surface area contributed by atoms with Crippen LogP contribution in [0.15, 0.2) is 96.7 Å². The first-order chi connectivity index (χ1) is 16.5. The van der Waals surface area contributed by atoms with Crippen molar-refractivity contribution < 1.29 is 19.2 Å². The summed E-state index contributed by atoms with van der Waals surface area (Å²) in [6.07, 6.45) is 17.0. The monoisotopic (exact) mass is 450 g/mol. The molecular formula is C26H18N4O4. The molecule has 166 valence electrons.